The van der Waals surface area contributed by atoms with E-state index in [1.807, 2.05) is 12.1 Å². The molecule has 0 aliphatic heterocycles. The molecule has 0 aliphatic rings. The van der Waals surface area contributed by atoms with Gasteiger partial charge in [-0.15, -0.1) is 0 Å². The van der Waals surface area contributed by atoms with E-state index in [4.69, 9.17) is 27.9 Å². The number of carbonyl (C=O) groups excluding carboxylic acids is 2. The Morgan fingerprint density at radius 3 is 2.44 bits per heavy atom. The first-order chi connectivity index (χ1) is 17.2. The third-order valence-corrected chi connectivity index (χ3v) is 6.72. The number of benzene rings is 3. The van der Waals surface area contributed by atoms with Crippen molar-refractivity contribution in [2.45, 2.75) is 12.3 Å². The lowest BCUT2D eigenvalue weighted by atomic mass is 9.94. The molecule has 0 bridgehead atoms. The number of amides is 2. The molecule has 1 atom stereocenters. The predicted molar refractivity (Wildman–Crippen MR) is 141 cm³/mol. The van der Waals surface area contributed by atoms with Crippen molar-refractivity contribution in [3.63, 3.8) is 0 Å². The van der Waals surface area contributed by atoms with Crippen LogP contribution < -0.4 is 4.74 Å². The van der Waals surface area contributed by atoms with E-state index in [1.54, 1.807) is 50.5 Å². The summed E-state index contributed by atoms with van der Waals surface area (Å²) in [6.07, 6.45) is 0.327. The van der Waals surface area contributed by atoms with Crippen molar-refractivity contribution in [1.29, 1.82) is 5.26 Å². The van der Waals surface area contributed by atoms with Gasteiger partial charge in [-0.05, 0) is 41.0 Å². The van der Waals surface area contributed by atoms with Crippen molar-refractivity contribution in [2.24, 2.45) is 0 Å². The largest absolute Gasteiger partial charge is 0.495 e. The summed E-state index contributed by atoms with van der Waals surface area (Å²) in [5, 5.41) is 21.5. The van der Waals surface area contributed by atoms with E-state index in [2.05, 4.69) is 6.07 Å². The molecule has 0 radical (unpaired) electrons. The number of aliphatic hydroxyl groups excluding tert-OH is 1. The first-order valence-corrected chi connectivity index (χ1v) is 12.0. The summed E-state index contributed by atoms with van der Waals surface area (Å²) in [7, 11) is 4.63. The molecule has 2 amide bonds. The fraction of sp³-hybridized carbons (Fsp3) is 0.296. The number of hydrogen-bond acceptors (Lipinski definition) is 5. The van der Waals surface area contributed by atoms with Crippen LogP contribution >= 0.6 is 23.2 Å². The van der Waals surface area contributed by atoms with Crippen LogP contribution in [0.4, 0.5) is 0 Å². The molecule has 0 saturated carbocycles. The Balaban J connectivity index is 2.14. The molecule has 1 unspecified atom stereocenters. The van der Waals surface area contributed by atoms with Crippen molar-refractivity contribution in [3.8, 4) is 11.8 Å². The van der Waals surface area contributed by atoms with E-state index in [0.717, 1.165) is 5.56 Å². The summed E-state index contributed by atoms with van der Waals surface area (Å²) < 4.78 is 5.53. The van der Waals surface area contributed by atoms with E-state index in [-0.39, 0.29) is 48.4 Å². The summed E-state index contributed by atoms with van der Waals surface area (Å²) in [6, 6.07) is 16.1. The summed E-state index contributed by atoms with van der Waals surface area (Å²) in [5.41, 5.74) is 1.20. The zero-order valence-corrected chi connectivity index (χ0v) is 21.8. The van der Waals surface area contributed by atoms with E-state index >= 15 is 0 Å². The molecule has 7 nitrogen and oxygen atoms in total. The van der Waals surface area contributed by atoms with Gasteiger partial charge in [-0.3, -0.25) is 9.59 Å². The zero-order chi connectivity index (χ0) is 26.4. The second-order valence-electron chi connectivity index (χ2n) is 8.52. The number of rotatable bonds is 9. The number of carbonyl (C=O) groups is 2. The Morgan fingerprint density at radius 1 is 1.11 bits per heavy atom. The highest BCUT2D eigenvalue weighted by molar-refractivity contribution is 6.42. The van der Waals surface area contributed by atoms with Gasteiger partial charge in [0.05, 0.1) is 28.3 Å². The Hall–Kier alpha value is -3.31. The normalized spacial score (nSPS) is 11.6. The second kappa shape index (κ2) is 12.1. The molecule has 0 aromatic heterocycles. The average molecular weight is 528 g/mol. The van der Waals surface area contributed by atoms with Gasteiger partial charge in [0, 0.05) is 33.2 Å². The van der Waals surface area contributed by atoms with Crippen LogP contribution in [0.3, 0.4) is 0 Å². The highest BCUT2D eigenvalue weighted by Gasteiger charge is 2.29. The van der Waals surface area contributed by atoms with Crippen LogP contribution in [-0.2, 0) is 4.79 Å². The molecule has 0 spiro atoms. The highest BCUT2D eigenvalue weighted by atomic mass is 35.5. The van der Waals surface area contributed by atoms with Gasteiger partial charge in [-0.25, -0.2) is 0 Å². The fourth-order valence-corrected chi connectivity index (χ4v) is 4.38. The number of fused-ring (bicyclic) bond motifs is 1. The van der Waals surface area contributed by atoms with Gasteiger partial charge in [0.15, 0.2) is 0 Å². The van der Waals surface area contributed by atoms with Crippen LogP contribution in [0.1, 0.15) is 33.8 Å². The van der Waals surface area contributed by atoms with Gasteiger partial charge in [0.1, 0.15) is 18.4 Å². The first-order valence-electron chi connectivity index (χ1n) is 11.3. The van der Waals surface area contributed by atoms with E-state index in [0.29, 0.717) is 27.2 Å². The summed E-state index contributed by atoms with van der Waals surface area (Å²) in [6.45, 7) is -0.223. The highest BCUT2D eigenvalue weighted by Crippen LogP contribution is 2.34. The van der Waals surface area contributed by atoms with Crippen LogP contribution in [0.2, 0.25) is 10.0 Å². The summed E-state index contributed by atoms with van der Waals surface area (Å²) in [5.74, 6) is -0.921. The lowest BCUT2D eigenvalue weighted by Crippen LogP contribution is -2.42. The smallest absolute Gasteiger partial charge is 0.258 e. The van der Waals surface area contributed by atoms with Crippen LogP contribution in [-0.4, -0.2) is 67.6 Å². The van der Waals surface area contributed by atoms with Gasteiger partial charge < -0.3 is 19.6 Å². The summed E-state index contributed by atoms with van der Waals surface area (Å²) >= 11 is 12.3. The maximum Gasteiger partial charge on any atom is 0.258 e. The number of ether oxygens (including phenoxy) is 1. The monoisotopic (exact) mass is 527 g/mol. The molecule has 0 fully saturated rings. The van der Waals surface area contributed by atoms with Gasteiger partial charge >= 0.3 is 0 Å². The zero-order valence-electron chi connectivity index (χ0n) is 20.3. The first kappa shape index (κ1) is 27.3. The molecule has 3 aromatic carbocycles. The standard InChI is InChI=1S/C27H27Cl2N3O4/c1-31(2)24(34)16-32(15-19(10-11-33)17-8-9-22(28)23(29)13-17)27(35)25-21-7-5-4-6-18(21)12-20(14-30)26(25)36-3/h4-9,12-13,19,33H,10-11,15-16H2,1-3H3. The number of aliphatic hydroxyl groups is 1. The predicted octanol–water partition coefficient (Wildman–Crippen LogP) is 4.72. The van der Waals surface area contributed by atoms with E-state index < -0.39 is 5.91 Å². The molecule has 36 heavy (non-hydrogen) atoms. The molecule has 0 saturated heterocycles. The lowest BCUT2D eigenvalue weighted by Gasteiger charge is -2.29. The number of likely N-dealkylation sites (N-methyl/N-ethyl adjacent to an activating group) is 1. The molecule has 1 N–H and O–H groups in total. The number of nitriles is 1. The topological polar surface area (TPSA) is 93.9 Å². The van der Waals surface area contributed by atoms with Crippen molar-refractivity contribution >= 4 is 45.8 Å². The minimum Gasteiger partial charge on any atom is -0.495 e. The van der Waals surface area contributed by atoms with Crippen LogP contribution in [0.25, 0.3) is 10.8 Å². The van der Waals surface area contributed by atoms with Gasteiger partial charge in [0.25, 0.3) is 5.91 Å². The minimum absolute atomic E-state index is 0.116. The molecule has 0 aliphatic carbocycles. The Morgan fingerprint density at radius 2 is 1.83 bits per heavy atom. The van der Waals surface area contributed by atoms with Crippen molar-refractivity contribution in [1.82, 2.24) is 9.80 Å². The maximum absolute atomic E-state index is 14.1. The number of nitrogens with zero attached hydrogens (tertiary/aromatic N) is 3. The summed E-state index contributed by atoms with van der Waals surface area (Å²) in [4.78, 5) is 29.7. The van der Waals surface area contributed by atoms with Gasteiger partial charge in [0.2, 0.25) is 5.91 Å². The van der Waals surface area contributed by atoms with Crippen LogP contribution in [0, 0.1) is 11.3 Å². The van der Waals surface area contributed by atoms with Crippen molar-refractivity contribution in [2.75, 3.05) is 40.9 Å². The van der Waals surface area contributed by atoms with E-state index in [9.17, 15) is 20.0 Å². The molecule has 3 aromatic rings. The minimum atomic E-state index is -0.460. The number of hydrogen-bond donors (Lipinski definition) is 1. The Labute approximate surface area is 220 Å². The van der Waals surface area contributed by atoms with Crippen LogP contribution in [0.15, 0.2) is 48.5 Å². The van der Waals surface area contributed by atoms with Gasteiger partial charge in [-0.1, -0.05) is 53.5 Å². The lowest BCUT2D eigenvalue weighted by molar-refractivity contribution is -0.129. The van der Waals surface area contributed by atoms with E-state index in [1.165, 1.54) is 16.9 Å². The molecule has 188 valence electrons. The molecule has 9 heteroatoms. The number of halogens is 2. The SMILES string of the molecule is COc1c(C#N)cc2ccccc2c1C(=O)N(CC(=O)N(C)C)CC(CCO)c1ccc(Cl)c(Cl)c1. The molecule has 3 rings (SSSR count). The molecular formula is C27H27Cl2N3O4. The second-order valence-corrected chi connectivity index (χ2v) is 9.34. The van der Waals surface area contributed by atoms with Gasteiger partial charge in [-0.2, -0.15) is 5.26 Å². The van der Waals surface area contributed by atoms with Crippen LogP contribution in [0.5, 0.6) is 5.75 Å². The fourth-order valence-electron chi connectivity index (χ4n) is 4.07. The third kappa shape index (κ3) is 5.90. The third-order valence-electron chi connectivity index (χ3n) is 5.99. The van der Waals surface area contributed by atoms with Crippen molar-refractivity contribution < 1.29 is 19.4 Å². The quantitative estimate of drug-likeness (QED) is 0.434. The average Bonchev–Trinajstić information content (AvgIpc) is 2.87. The molecular weight excluding hydrogens is 501 g/mol. The Bertz CT molecular complexity index is 1320. The Kier molecular flexibility index (Phi) is 9.16. The number of methoxy groups -OCH3 is 1. The van der Waals surface area contributed by atoms with Crippen molar-refractivity contribution in [3.05, 3.63) is 75.3 Å². The maximum atomic E-state index is 14.1. The molecule has 0 heterocycles.